The van der Waals surface area contributed by atoms with Crippen LogP contribution in [-0.2, 0) is 24.3 Å². The number of likely N-dealkylation sites (N-methyl/N-ethyl adjacent to an activating group) is 1. The van der Waals surface area contributed by atoms with Gasteiger partial charge in [0.1, 0.15) is 0 Å². The number of benzene rings is 1. The Balaban J connectivity index is 1.86. The first-order valence-corrected chi connectivity index (χ1v) is 9.88. The number of carbonyl (C=O) groups excluding carboxylic acids is 2. The van der Waals surface area contributed by atoms with Gasteiger partial charge in [0.2, 0.25) is 21.8 Å². The van der Waals surface area contributed by atoms with Crippen LogP contribution in [0.15, 0.2) is 33.6 Å². The molecule has 1 aromatic rings. The van der Waals surface area contributed by atoms with Crippen molar-refractivity contribution < 1.29 is 22.7 Å². The lowest BCUT2D eigenvalue weighted by atomic mass is 10.4. The minimum absolute atomic E-state index is 0.0930. The molecular weight excluding hydrogens is 414 g/mol. The van der Waals surface area contributed by atoms with Crippen LogP contribution in [0.5, 0.6) is 0 Å². The molecule has 0 saturated carbocycles. The number of nitrogens with one attached hydrogen (secondary N) is 1. The van der Waals surface area contributed by atoms with Gasteiger partial charge >= 0.3 is 0 Å². The van der Waals surface area contributed by atoms with Gasteiger partial charge in [-0.15, -0.1) is 0 Å². The van der Waals surface area contributed by atoms with E-state index in [1.807, 2.05) is 0 Å². The maximum absolute atomic E-state index is 12.4. The zero-order valence-electron chi connectivity index (χ0n) is 13.8. The highest BCUT2D eigenvalue weighted by Gasteiger charge is 2.23. The Morgan fingerprint density at radius 1 is 1.24 bits per heavy atom. The molecule has 2 rings (SSSR count). The highest BCUT2D eigenvalue weighted by molar-refractivity contribution is 9.10. The number of ether oxygens (including phenoxy) is 1. The number of halogens is 1. The van der Waals surface area contributed by atoms with E-state index in [1.165, 1.54) is 19.2 Å². The quantitative estimate of drug-likeness (QED) is 0.683. The van der Waals surface area contributed by atoms with Crippen LogP contribution in [0.3, 0.4) is 0 Å². The molecule has 0 aromatic heterocycles. The third kappa shape index (κ3) is 5.50. The lowest BCUT2D eigenvalue weighted by molar-refractivity contribution is -0.136. The van der Waals surface area contributed by atoms with Gasteiger partial charge in [0.05, 0.1) is 31.2 Å². The average molecular weight is 434 g/mol. The number of carbonyl (C=O) groups is 2. The van der Waals surface area contributed by atoms with Crippen molar-refractivity contribution >= 4 is 37.8 Å². The fraction of sp³-hybridized carbons (Fsp3) is 0.467. The van der Waals surface area contributed by atoms with E-state index in [4.69, 9.17) is 4.74 Å². The Morgan fingerprint density at radius 2 is 1.84 bits per heavy atom. The normalized spacial score (nSPS) is 15.2. The standard InChI is InChI=1S/C15H20BrN3O5S/c1-18(25(22,23)13-4-2-12(16)3-5-13)11-14(20)17-10-15(21)19-6-8-24-9-7-19/h2-5H,6-11H2,1H3,(H,17,20). The van der Waals surface area contributed by atoms with Gasteiger partial charge in [-0.05, 0) is 24.3 Å². The molecule has 0 unspecified atom stereocenters. The number of sulfonamides is 1. The van der Waals surface area contributed by atoms with E-state index in [2.05, 4.69) is 21.2 Å². The summed E-state index contributed by atoms with van der Waals surface area (Å²) >= 11 is 3.24. The molecule has 0 aliphatic carbocycles. The summed E-state index contributed by atoms with van der Waals surface area (Å²) in [5, 5.41) is 2.46. The van der Waals surface area contributed by atoms with E-state index >= 15 is 0 Å². The molecule has 1 heterocycles. The molecule has 0 atom stereocenters. The zero-order valence-corrected chi connectivity index (χ0v) is 16.2. The molecule has 1 aliphatic rings. The first-order chi connectivity index (χ1) is 11.8. The van der Waals surface area contributed by atoms with Gasteiger partial charge in [-0.3, -0.25) is 9.59 Å². The van der Waals surface area contributed by atoms with E-state index in [0.29, 0.717) is 26.3 Å². The third-order valence-corrected chi connectivity index (χ3v) is 6.03. The molecule has 0 bridgehead atoms. The molecule has 1 aromatic carbocycles. The molecule has 0 radical (unpaired) electrons. The van der Waals surface area contributed by atoms with E-state index in [1.54, 1.807) is 17.0 Å². The van der Waals surface area contributed by atoms with Gasteiger partial charge in [0.25, 0.3) is 0 Å². The molecule has 1 aliphatic heterocycles. The highest BCUT2D eigenvalue weighted by Crippen LogP contribution is 2.17. The Hall–Kier alpha value is -1.49. The fourth-order valence-corrected chi connectivity index (χ4v) is 3.62. The van der Waals surface area contributed by atoms with Crippen molar-refractivity contribution in [3.05, 3.63) is 28.7 Å². The van der Waals surface area contributed by atoms with Crippen molar-refractivity contribution in [1.82, 2.24) is 14.5 Å². The van der Waals surface area contributed by atoms with Gasteiger partial charge in [0, 0.05) is 24.6 Å². The summed E-state index contributed by atoms with van der Waals surface area (Å²) in [4.78, 5) is 25.6. The van der Waals surface area contributed by atoms with Gasteiger partial charge in [-0.1, -0.05) is 15.9 Å². The topological polar surface area (TPSA) is 96.0 Å². The van der Waals surface area contributed by atoms with Gasteiger partial charge < -0.3 is 15.0 Å². The minimum atomic E-state index is -3.77. The minimum Gasteiger partial charge on any atom is -0.378 e. The van der Waals surface area contributed by atoms with Crippen LogP contribution in [0.2, 0.25) is 0 Å². The van der Waals surface area contributed by atoms with Crippen molar-refractivity contribution in [3.63, 3.8) is 0 Å². The molecule has 1 fully saturated rings. The third-order valence-electron chi connectivity index (χ3n) is 3.69. The summed E-state index contributed by atoms with van der Waals surface area (Å²) in [6.45, 7) is 1.42. The molecule has 10 heteroatoms. The monoisotopic (exact) mass is 433 g/mol. The van der Waals surface area contributed by atoms with Crippen LogP contribution in [0.4, 0.5) is 0 Å². The summed E-state index contributed by atoms with van der Waals surface area (Å²) in [6.07, 6.45) is 0. The van der Waals surface area contributed by atoms with Crippen LogP contribution in [0, 0.1) is 0 Å². The van der Waals surface area contributed by atoms with Crippen LogP contribution >= 0.6 is 15.9 Å². The second-order valence-corrected chi connectivity index (χ2v) is 8.45. The first-order valence-electron chi connectivity index (χ1n) is 7.65. The van der Waals surface area contributed by atoms with Crippen LogP contribution in [-0.4, -0.2) is 75.9 Å². The summed E-state index contributed by atoms with van der Waals surface area (Å²) in [7, 11) is -2.45. The van der Waals surface area contributed by atoms with Crippen molar-refractivity contribution in [2.24, 2.45) is 0 Å². The van der Waals surface area contributed by atoms with Crippen LogP contribution in [0.25, 0.3) is 0 Å². The Bertz CT molecular complexity index is 717. The Morgan fingerprint density at radius 3 is 2.44 bits per heavy atom. The van der Waals surface area contributed by atoms with Crippen LogP contribution < -0.4 is 5.32 Å². The maximum Gasteiger partial charge on any atom is 0.243 e. The second-order valence-electron chi connectivity index (χ2n) is 5.48. The molecule has 0 spiro atoms. The number of morpholine rings is 1. The van der Waals surface area contributed by atoms with Crippen molar-refractivity contribution in [1.29, 1.82) is 0 Å². The molecule has 1 saturated heterocycles. The Labute approximate surface area is 155 Å². The van der Waals surface area contributed by atoms with Crippen molar-refractivity contribution in [2.45, 2.75) is 4.90 Å². The Kier molecular flexibility index (Phi) is 6.94. The van der Waals surface area contributed by atoms with E-state index < -0.39 is 15.9 Å². The number of amides is 2. The molecule has 25 heavy (non-hydrogen) atoms. The molecule has 138 valence electrons. The zero-order chi connectivity index (χ0) is 18.4. The average Bonchev–Trinajstić information content (AvgIpc) is 2.60. The van der Waals surface area contributed by atoms with Crippen molar-refractivity contribution in [2.75, 3.05) is 46.4 Å². The number of nitrogens with zero attached hydrogens (tertiary/aromatic N) is 2. The highest BCUT2D eigenvalue weighted by atomic mass is 79.9. The number of hydrogen-bond acceptors (Lipinski definition) is 5. The smallest absolute Gasteiger partial charge is 0.243 e. The molecule has 8 nitrogen and oxygen atoms in total. The van der Waals surface area contributed by atoms with Gasteiger partial charge in [-0.2, -0.15) is 4.31 Å². The largest absolute Gasteiger partial charge is 0.378 e. The van der Waals surface area contributed by atoms with Crippen LogP contribution in [0.1, 0.15) is 0 Å². The summed E-state index contributed by atoms with van der Waals surface area (Å²) in [5.74, 6) is -0.750. The van der Waals surface area contributed by atoms with E-state index in [-0.39, 0.29) is 23.9 Å². The van der Waals surface area contributed by atoms with E-state index in [0.717, 1.165) is 8.78 Å². The SMILES string of the molecule is CN(CC(=O)NCC(=O)N1CCOCC1)S(=O)(=O)c1ccc(Br)cc1. The fourth-order valence-electron chi connectivity index (χ4n) is 2.23. The molecular formula is C15H20BrN3O5S. The summed E-state index contributed by atoms with van der Waals surface area (Å²) in [6, 6.07) is 6.13. The molecule has 2 amide bonds. The molecule has 1 N–H and O–H groups in total. The maximum atomic E-state index is 12.4. The number of hydrogen-bond donors (Lipinski definition) is 1. The lowest BCUT2D eigenvalue weighted by Crippen LogP contribution is -2.47. The summed E-state index contributed by atoms with van der Waals surface area (Å²) in [5.41, 5.74) is 0. The second kappa shape index (κ2) is 8.75. The lowest BCUT2D eigenvalue weighted by Gasteiger charge is -2.27. The van der Waals surface area contributed by atoms with Crippen molar-refractivity contribution in [3.8, 4) is 0 Å². The predicted molar refractivity (Wildman–Crippen MR) is 94.4 cm³/mol. The van der Waals surface area contributed by atoms with Gasteiger partial charge in [-0.25, -0.2) is 8.42 Å². The van der Waals surface area contributed by atoms with Gasteiger partial charge in [0.15, 0.2) is 0 Å². The predicted octanol–water partition coefficient (Wildman–Crippen LogP) is 0.0446. The first kappa shape index (κ1) is 19.8. The van der Waals surface area contributed by atoms with E-state index in [9.17, 15) is 18.0 Å². The summed E-state index contributed by atoms with van der Waals surface area (Å²) < 4.78 is 31.7. The number of rotatable bonds is 6.